The molecule has 0 saturated carbocycles. The minimum atomic E-state index is -0.379. The van der Waals surface area contributed by atoms with Crippen molar-refractivity contribution in [2.45, 2.75) is 38.7 Å². The van der Waals surface area contributed by atoms with Gasteiger partial charge in [-0.15, -0.1) is 0 Å². The molecule has 2 N–H and O–H groups in total. The van der Waals surface area contributed by atoms with Crippen LogP contribution in [0, 0.1) is 10.1 Å². The Morgan fingerprint density at radius 2 is 2.15 bits per heavy atom. The first-order valence-electron chi connectivity index (χ1n) is 6.54. The molecule has 20 heavy (non-hydrogen) atoms. The molecule has 0 aromatic heterocycles. The highest BCUT2D eigenvalue weighted by Crippen LogP contribution is 2.29. The van der Waals surface area contributed by atoms with Gasteiger partial charge in [-0.25, -0.2) is 0 Å². The number of rotatable bonds is 3. The van der Waals surface area contributed by atoms with Crippen LogP contribution in [-0.4, -0.2) is 23.3 Å². The van der Waals surface area contributed by atoms with Gasteiger partial charge >= 0.3 is 0 Å². The minimum Gasteiger partial charge on any atom is -0.390 e. The topological polar surface area (TPSA) is 90.8 Å². The first-order chi connectivity index (χ1) is 9.31. The van der Waals surface area contributed by atoms with Crippen LogP contribution in [0.25, 0.3) is 0 Å². The van der Waals surface area contributed by atoms with E-state index in [1.54, 1.807) is 6.07 Å². The maximum atomic E-state index is 11.1. The normalized spacial score (nSPS) is 18.6. The van der Waals surface area contributed by atoms with Crippen LogP contribution < -0.4 is 5.73 Å². The Morgan fingerprint density at radius 3 is 2.65 bits per heavy atom. The molecule has 0 aliphatic carbocycles. The quantitative estimate of drug-likeness (QED) is 0.678. The lowest BCUT2D eigenvalue weighted by molar-refractivity contribution is -0.385. The molecule has 0 spiro atoms. The van der Waals surface area contributed by atoms with Crippen molar-refractivity contribution in [1.29, 1.82) is 0 Å². The number of oxime groups is 1. The monoisotopic (exact) mass is 277 g/mol. The van der Waals surface area contributed by atoms with Gasteiger partial charge in [0.2, 0.25) is 0 Å². The lowest BCUT2D eigenvalue weighted by Gasteiger charge is -2.19. The Morgan fingerprint density at radius 1 is 1.45 bits per heavy atom. The molecule has 1 aliphatic rings. The Bertz CT molecular complexity index is 561. The summed E-state index contributed by atoms with van der Waals surface area (Å²) in [7, 11) is 0. The van der Waals surface area contributed by atoms with Gasteiger partial charge in [0, 0.05) is 30.7 Å². The van der Waals surface area contributed by atoms with Gasteiger partial charge in [-0.05, 0) is 17.0 Å². The Kier molecular flexibility index (Phi) is 3.76. The van der Waals surface area contributed by atoms with Gasteiger partial charge in [0.05, 0.1) is 10.6 Å². The van der Waals surface area contributed by atoms with Crippen molar-refractivity contribution in [2.24, 2.45) is 10.9 Å². The number of hydrogen-bond donors (Lipinski definition) is 1. The summed E-state index contributed by atoms with van der Waals surface area (Å²) in [5, 5.41) is 15.1. The zero-order valence-electron chi connectivity index (χ0n) is 11.9. The van der Waals surface area contributed by atoms with E-state index in [0.29, 0.717) is 13.0 Å². The predicted molar refractivity (Wildman–Crippen MR) is 76.9 cm³/mol. The van der Waals surface area contributed by atoms with Crippen molar-refractivity contribution in [3.63, 3.8) is 0 Å². The van der Waals surface area contributed by atoms with Crippen LogP contribution in [0.15, 0.2) is 23.4 Å². The number of nitrogens with zero attached hydrogens (tertiary/aromatic N) is 2. The second-order valence-electron chi connectivity index (χ2n) is 5.98. The summed E-state index contributed by atoms with van der Waals surface area (Å²) in [6.07, 6.45) is 0.448. The number of non-ortho nitro benzene ring substituents is 1. The second-order valence-corrected chi connectivity index (χ2v) is 5.98. The third-order valence-corrected chi connectivity index (χ3v) is 3.32. The average molecular weight is 277 g/mol. The molecule has 1 atom stereocenters. The zero-order chi connectivity index (χ0) is 14.9. The van der Waals surface area contributed by atoms with E-state index in [2.05, 4.69) is 5.16 Å². The van der Waals surface area contributed by atoms with Crippen molar-refractivity contribution in [3.05, 3.63) is 39.4 Å². The van der Waals surface area contributed by atoms with Crippen LogP contribution in [0.4, 0.5) is 5.69 Å². The van der Waals surface area contributed by atoms with Crippen molar-refractivity contribution in [3.8, 4) is 0 Å². The molecule has 0 bridgehead atoms. The molecule has 1 aromatic carbocycles. The summed E-state index contributed by atoms with van der Waals surface area (Å²) < 4.78 is 0. The van der Waals surface area contributed by atoms with Crippen LogP contribution in [0.5, 0.6) is 0 Å². The first kappa shape index (κ1) is 14.5. The number of nitro benzene ring substituents is 1. The van der Waals surface area contributed by atoms with E-state index in [0.717, 1.165) is 16.8 Å². The fraction of sp³-hybridized carbons (Fsp3) is 0.500. The van der Waals surface area contributed by atoms with Gasteiger partial charge in [-0.2, -0.15) is 0 Å². The molecular formula is C14H19N3O3. The first-order valence-corrected chi connectivity index (χ1v) is 6.54. The molecule has 0 amide bonds. The predicted octanol–water partition coefficient (Wildman–Crippen LogP) is 2.34. The summed E-state index contributed by atoms with van der Waals surface area (Å²) >= 11 is 0. The highest BCUT2D eigenvalue weighted by Gasteiger charge is 2.25. The Hall–Kier alpha value is -1.95. The van der Waals surface area contributed by atoms with Gasteiger partial charge in [-0.1, -0.05) is 25.9 Å². The third kappa shape index (κ3) is 2.96. The van der Waals surface area contributed by atoms with Gasteiger partial charge < -0.3 is 10.6 Å². The van der Waals surface area contributed by atoms with E-state index in [4.69, 9.17) is 10.6 Å². The molecule has 1 heterocycles. The van der Waals surface area contributed by atoms with Gasteiger partial charge in [0.1, 0.15) is 6.10 Å². The van der Waals surface area contributed by atoms with Crippen LogP contribution in [0.1, 0.15) is 38.3 Å². The Balaban J connectivity index is 2.43. The molecule has 1 unspecified atom stereocenters. The van der Waals surface area contributed by atoms with E-state index in [1.807, 2.05) is 26.8 Å². The Labute approximate surface area is 117 Å². The molecule has 0 saturated heterocycles. The largest absolute Gasteiger partial charge is 0.390 e. The van der Waals surface area contributed by atoms with Crippen LogP contribution in [0.3, 0.4) is 0 Å². The van der Waals surface area contributed by atoms with E-state index in [9.17, 15) is 10.1 Å². The van der Waals surface area contributed by atoms with Crippen molar-refractivity contribution >= 4 is 11.4 Å². The number of hydrogen-bond acceptors (Lipinski definition) is 5. The summed E-state index contributed by atoms with van der Waals surface area (Å²) in [5.41, 5.74) is 7.80. The van der Waals surface area contributed by atoms with Crippen LogP contribution in [0.2, 0.25) is 0 Å². The van der Waals surface area contributed by atoms with Gasteiger partial charge in [0.25, 0.3) is 5.69 Å². The highest BCUT2D eigenvalue weighted by molar-refractivity contribution is 6.02. The van der Waals surface area contributed by atoms with E-state index in [-0.39, 0.29) is 22.1 Å². The van der Waals surface area contributed by atoms with Crippen molar-refractivity contribution < 1.29 is 9.76 Å². The number of nitro groups is 1. The fourth-order valence-corrected chi connectivity index (χ4v) is 2.04. The lowest BCUT2D eigenvalue weighted by Crippen LogP contribution is -2.20. The number of benzene rings is 1. The molecule has 6 heteroatoms. The summed E-state index contributed by atoms with van der Waals surface area (Å²) in [6.45, 7) is 6.44. The van der Waals surface area contributed by atoms with Crippen molar-refractivity contribution in [1.82, 2.24) is 0 Å². The SMILES string of the molecule is CC(C)(C)c1cc(C2=NOC(CN)C2)cc([N+](=O)[O-])c1. The van der Waals surface area contributed by atoms with E-state index in [1.165, 1.54) is 6.07 Å². The van der Waals surface area contributed by atoms with E-state index >= 15 is 0 Å². The zero-order valence-corrected chi connectivity index (χ0v) is 11.9. The highest BCUT2D eigenvalue weighted by atomic mass is 16.6. The number of nitrogens with two attached hydrogens (primary N) is 1. The molecule has 1 aromatic rings. The molecule has 0 fully saturated rings. The maximum absolute atomic E-state index is 11.1. The standard InChI is InChI=1S/C14H19N3O3/c1-14(2,3)10-4-9(5-11(6-10)17(18)19)13-7-12(8-15)20-16-13/h4-6,12H,7-8,15H2,1-3H3. The molecule has 1 aliphatic heterocycles. The lowest BCUT2D eigenvalue weighted by atomic mass is 9.85. The molecule has 0 radical (unpaired) electrons. The molecule has 2 rings (SSSR count). The molecular weight excluding hydrogens is 258 g/mol. The van der Waals surface area contributed by atoms with Crippen LogP contribution >= 0.6 is 0 Å². The molecule has 108 valence electrons. The second kappa shape index (κ2) is 5.20. The summed E-state index contributed by atoms with van der Waals surface area (Å²) in [5.74, 6) is 0. The minimum absolute atomic E-state index is 0.0753. The van der Waals surface area contributed by atoms with Gasteiger partial charge in [-0.3, -0.25) is 10.1 Å². The van der Waals surface area contributed by atoms with Crippen LogP contribution in [-0.2, 0) is 10.3 Å². The molecule has 6 nitrogen and oxygen atoms in total. The van der Waals surface area contributed by atoms with E-state index < -0.39 is 0 Å². The van der Waals surface area contributed by atoms with Crippen molar-refractivity contribution in [2.75, 3.05) is 6.54 Å². The van der Waals surface area contributed by atoms with Gasteiger partial charge in [0.15, 0.2) is 0 Å². The summed E-state index contributed by atoms with van der Waals surface area (Å²) in [4.78, 5) is 15.9. The summed E-state index contributed by atoms with van der Waals surface area (Å²) in [6, 6.07) is 5.09. The maximum Gasteiger partial charge on any atom is 0.270 e. The fourth-order valence-electron chi connectivity index (χ4n) is 2.04. The average Bonchev–Trinajstić information content (AvgIpc) is 2.86. The third-order valence-electron chi connectivity index (χ3n) is 3.32. The smallest absolute Gasteiger partial charge is 0.270 e.